The van der Waals surface area contributed by atoms with Gasteiger partial charge in [-0.25, -0.2) is 0 Å². The van der Waals surface area contributed by atoms with Crippen molar-refractivity contribution < 1.29 is 14.2 Å². The van der Waals surface area contributed by atoms with Crippen molar-refractivity contribution in [2.24, 2.45) is 0 Å². The number of hydrogen-bond donors (Lipinski definition) is 1. The van der Waals surface area contributed by atoms with Gasteiger partial charge in [-0.3, -0.25) is 0 Å². The van der Waals surface area contributed by atoms with Crippen LogP contribution in [0, 0.1) is 0 Å². The summed E-state index contributed by atoms with van der Waals surface area (Å²) >= 11 is 3.31. The maximum atomic E-state index is 5.71. The maximum Gasteiger partial charge on any atom is 0.231 e. The Hall–Kier alpha value is -1.10. The first kappa shape index (κ1) is 8.50. The van der Waals surface area contributed by atoms with Crippen molar-refractivity contribution in [2.45, 2.75) is 0 Å². The zero-order chi connectivity index (χ0) is 9.42. The normalized spacial score (nSPS) is 13.1. The molecule has 0 radical (unpaired) electrons. The maximum absolute atomic E-state index is 5.71. The molecule has 70 valence electrons. The second-order valence-electron chi connectivity index (χ2n) is 2.55. The number of ether oxygens (including phenoxy) is 3. The van der Waals surface area contributed by atoms with Gasteiger partial charge in [0, 0.05) is 6.07 Å². The molecule has 1 aromatic carbocycles. The molecule has 1 heterocycles. The molecule has 1 aromatic rings. The van der Waals surface area contributed by atoms with Crippen LogP contribution in [0.3, 0.4) is 0 Å². The van der Waals surface area contributed by atoms with Gasteiger partial charge >= 0.3 is 0 Å². The van der Waals surface area contributed by atoms with Crippen LogP contribution in [0.5, 0.6) is 17.2 Å². The van der Waals surface area contributed by atoms with E-state index in [0.29, 0.717) is 27.4 Å². The summed E-state index contributed by atoms with van der Waals surface area (Å²) in [5, 5.41) is 0. The first-order valence-corrected chi connectivity index (χ1v) is 4.45. The largest absolute Gasteiger partial charge is 0.493 e. The lowest BCUT2D eigenvalue weighted by Gasteiger charge is -2.07. The minimum absolute atomic E-state index is 0.202. The number of hydrogen-bond acceptors (Lipinski definition) is 4. The fourth-order valence-electron chi connectivity index (χ4n) is 1.18. The second kappa shape index (κ2) is 2.99. The van der Waals surface area contributed by atoms with Crippen LogP contribution in [-0.4, -0.2) is 13.9 Å². The molecule has 0 saturated carbocycles. The van der Waals surface area contributed by atoms with Gasteiger partial charge in [0.05, 0.1) is 17.3 Å². The monoisotopic (exact) mass is 245 g/mol. The van der Waals surface area contributed by atoms with Gasteiger partial charge in [0.25, 0.3) is 0 Å². The van der Waals surface area contributed by atoms with Crippen LogP contribution in [0.1, 0.15) is 0 Å². The molecule has 2 N–H and O–H groups in total. The SMILES string of the molecule is COc1cc(N)c(Br)c2c1OCO2. The Morgan fingerprint density at radius 3 is 2.85 bits per heavy atom. The number of methoxy groups -OCH3 is 1. The van der Waals surface area contributed by atoms with Crippen molar-refractivity contribution in [3.05, 3.63) is 10.5 Å². The van der Waals surface area contributed by atoms with E-state index in [1.165, 1.54) is 0 Å². The Balaban J connectivity index is 2.64. The van der Waals surface area contributed by atoms with Gasteiger partial charge in [0.15, 0.2) is 11.5 Å². The molecule has 0 atom stereocenters. The molecule has 0 aromatic heterocycles. The van der Waals surface area contributed by atoms with E-state index >= 15 is 0 Å². The highest BCUT2D eigenvalue weighted by Crippen LogP contribution is 2.48. The van der Waals surface area contributed by atoms with Gasteiger partial charge < -0.3 is 19.9 Å². The Kier molecular flexibility index (Phi) is 1.95. The molecule has 1 aliphatic rings. The third-order valence-electron chi connectivity index (χ3n) is 1.80. The molecular weight excluding hydrogens is 238 g/mol. The fraction of sp³-hybridized carbons (Fsp3) is 0.250. The van der Waals surface area contributed by atoms with Gasteiger partial charge in [0.2, 0.25) is 12.5 Å². The molecule has 0 fully saturated rings. The minimum Gasteiger partial charge on any atom is -0.493 e. The van der Waals surface area contributed by atoms with E-state index in [1.54, 1.807) is 13.2 Å². The van der Waals surface area contributed by atoms with Crippen molar-refractivity contribution >= 4 is 21.6 Å². The summed E-state index contributed by atoms with van der Waals surface area (Å²) in [5.41, 5.74) is 6.28. The molecular formula is C8H8BrNO3. The second-order valence-corrected chi connectivity index (χ2v) is 3.34. The summed E-state index contributed by atoms with van der Waals surface area (Å²) in [4.78, 5) is 0. The molecule has 4 nitrogen and oxygen atoms in total. The minimum atomic E-state index is 0.202. The number of nitrogen functional groups attached to an aromatic ring is 1. The number of nitrogens with two attached hydrogens (primary N) is 1. The third-order valence-corrected chi connectivity index (χ3v) is 2.61. The summed E-state index contributed by atoms with van der Waals surface area (Å²) in [6.07, 6.45) is 0. The van der Waals surface area contributed by atoms with E-state index in [9.17, 15) is 0 Å². The van der Waals surface area contributed by atoms with Gasteiger partial charge in [-0.1, -0.05) is 0 Å². The topological polar surface area (TPSA) is 53.7 Å². The van der Waals surface area contributed by atoms with E-state index in [1.807, 2.05) is 0 Å². The van der Waals surface area contributed by atoms with Crippen LogP contribution in [0.4, 0.5) is 5.69 Å². The molecule has 2 rings (SSSR count). The van der Waals surface area contributed by atoms with Crippen LogP contribution in [0.15, 0.2) is 10.5 Å². The van der Waals surface area contributed by atoms with Crippen molar-refractivity contribution in [1.29, 1.82) is 0 Å². The first-order chi connectivity index (χ1) is 6.24. The van der Waals surface area contributed by atoms with Crippen LogP contribution in [0.25, 0.3) is 0 Å². The fourth-order valence-corrected chi connectivity index (χ4v) is 1.59. The molecule has 0 spiro atoms. The molecule has 0 amide bonds. The Morgan fingerprint density at radius 2 is 2.15 bits per heavy atom. The zero-order valence-corrected chi connectivity index (χ0v) is 8.55. The zero-order valence-electron chi connectivity index (χ0n) is 6.96. The van der Waals surface area contributed by atoms with E-state index in [4.69, 9.17) is 19.9 Å². The summed E-state index contributed by atoms with van der Waals surface area (Å²) in [5.74, 6) is 1.80. The predicted molar refractivity (Wildman–Crippen MR) is 51.2 cm³/mol. The predicted octanol–water partition coefficient (Wildman–Crippen LogP) is 1.77. The smallest absolute Gasteiger partial charge is 0.231 e. The Morgan fingerprint density at radius 1 is 1.46 bits per heavy atom. The average Bonchev–Trinajstić information content (AvgIpc) is 2.60. The summed E-state index contributed by atoms with van der Waals surface area (Å²) < 4.78 is 16.2. The van der Waals surface area contributed by atoms with Crippen LogP contribution < -0.4 is 19.9 Å². The number of anilines is 1. The highest BCUT2D eigenvalue weighted by Gasteiger charge is 2.23. The van der Waals surface area contributed by atoms with E-state index in [-0.39, 0.29) is 6.79 Å². The quantitative estimate of drug-likeness (QED) is 0.767. The van der Waals surface area contributed by atoms with Crippen molar-refractivity contribution in [2.75, 3.05) is 19.6 Å². The third kappa shape index (κ3) is 1.19. The van der Waals surface area contributed by atoms with Crippen molar-refractivity contribution in [1.82, 2.24) is 0 Å². The van der Waals surface area contributed by atoms with Gasteiger partial charge in [-0.05, 0) is 15.9 Å². The standard InChI is InChI=1S/C8H8BrNO3/c1-11-5-2-4(10)6(9)8-7(5)12-3-13-8/h2H,3,10H2,1H3. The lowest BCUT2D eigenvalue weighted by atomic mass is 10.2. The Bertz CT molecular complexity index is 354. The molecule has 1 aliphatic heterocycles. The number of rotatable bonds is 1. The van der Waals surface area contributed by atoms with Crippen LogP contribution in [-0.2, 0) is 0 Å². The molecule has 0 aliphatic carbocycles. The average molecular weight is 246 g/mol. The molecule has 0 saturated heterocycles. The van der Waals surface area contributed by atoms with Crippen molar-refractivity contribution in [3.63, 3.8) is 0 Å². The van der Waals surface area contributed by atoms with E-state index < -0.39 is 0 Å². The Labute approximate surface area is 83.7 Å². The van der Waals surface area contributed by atoms with Crippen LogP contribution in [0.2, 0.25) is 0 Å². The van der Waals surface area contributed by atoms with E-state index in [2.05, 4.69) is 15.9 Å². The van der Waals surface area contributed by atoms with Gasteiger partial charge in [-0.2, -0.15) is 0 Å². The lowest BCUT2D eigenvalue weighted by Crippen LogP contribution is -1.93. The molecule has 0 bridgehead atoms. The lowest BCUT2D eigenvalue weighted by molar-refractivity contribution is 0.170. The number of benzene rings is 1. The van der Waals surface area contributed by atoms with Crippen molar-refractivity contribution in [3.8, 4) is 17.2 Å². The highest BCUT2D eigenvalue weighted by molar-refractivity contribution is 9.10. The highest BCUT2D eigenvalue weighted by atomic mass is 79.9. The molecule has 5 heteroatoms. The summed E-state index contributed by atoms with van der Waals surface area (Å²) in [7, 11) is 1.56. The first-order valence-electron chi connectivity index (χ1n) is 3.65. The summed E-state index contributed by atoms with van der Waals surface area (Å²) in [6.45, 7) is 0.202. The van der Waals surface area contributed by atoms with E-state index in [0.717, 1.165) is 0 Å². The molecule has 0 unspecified atom stereocenters. The molecule has 13 heavy (non-hydrogen) atoms. The number of fused-ring (bicyclic) bond motifs is 1. The van der Waals surface area contributed by atoms with Crippen LogP contribution >= 0.6 is 15.9 Å². The number of halogens is 1. The van der Waals surface area contributed by atoms with Gasteiger partial charge in [-0.15, -0.1) is 0 Å². The van der Waals surface area contributed by atoms with Gasteiger partial charge in [0.1, 0.15) is 0 Å². The summed E-state index contributed by atoms with van der Waals surface area (Å²) in [6, 6.07) is 1.69.